The smallest absolute Gasteiger partial charge is 0.161 e. The minimum atomic E-state index is -0.0964. The van der Waals surface area contributed by atoms with Crippen molar-refractivity contribution >= 4 is 0 Å². The van der Waals surface area contributed by atoms with Gasteiger partial charge in [-0.3, -0.25) is 4.90 Å². The third-order valence-electron chi connectivity index (χ3n) is 5.77. The van der Waals surface area contributed by atoms with E-state index in [2.05, 4.69) is 35.3 Å². The first-order chi connectivity index (χ1) is 11.7. The highest BCUT2D eigenvalue weighted by Crippen LogP contribution is 2.51. The number of benzene rings is 1. The Morgan fingerprint density at radius 3 is 2.67 bits per heavy atom. The zero-order valence-corrected chi connectivity index (χ0v) is 14.7. The summed E-state index contributed by atoms with van der Waals surface area (Å²) in [4.78, 5) is 2.61. The first-order valence-electron chi connectivity index (χ1n) is 8.65. The summed E-state index contributed by atoms with van der Waals surface area (Å²) in [6.07, 6.45) is 10.1. The lowest BCUT2D eigenvalue weighted by molar-refractivity contribution is 0.0587. The monoisotopic (exact) mass is 327 g/mol. The average Bonchev–Trinajstić information content (AvgIpc) is 2.92. The molecule has 3 aliphatic rings. The summed E-state index contributed by atoms with van der Waals surface area (Å²) >= 11 is 0. The van der Waals surface area contributed by atoms with Crippen LogP contribution in [0.2, 0.25) is 0 Å². The van der Waals surface area contributed by atoms with Gasteiger partial charge in [0.2, 0.25) is 0 Å². The lowest BCUT2D eigenvalue weighted by Crippen LogP contribution is -2.47. The van der Waals surface area contributed by atoms with E-state index < -0.39 is 0 Å². The molecule has 4 heteroatoms. The maximum Gasteiger partial charge on any atom is 0.161 e. The predicted molar refractivity (Wildman–Crippen MR) is 93.8 cm³/mol. The maximum atomic E-state index is 5.70. The maximum absolute atomic E-state index is 5.70. The van der Waals surface area contributed by atoms with Crippen molar-refractivity contribution in [2.45, 2.75) is 30.9 Å². The van der Waals surface area contributed by atoms with Crippen molar-refractivity contribution in [2.75, 3.05) is 34.4 Å². The molecule has 0 fully saturated rings. The fourth-order valence-corrected chi connectivity index (χ4v) is 4.59. The van der Waals surface area contributed by atoms with Crippen LogP contribution < -0.4 is 9.47 Å². The highest BCUT2D eigenvalue weighted by molar-refractivity contribution is 5.56. The second kappa shape index (κ2) is 5.94. The molecule has 2 atom stereocenters. The molecule has 1 unspecified atom stereocenters. The van der Waals surface area contributed by atoms with E-state index in [0.29, 0.717) is 0 Å². The minimum Gasteiger partial charge on any atom is -0.493 e. The van der Waals surface area contributed by atoms with Crippen molar-refractivity contribution < 1.29 is 14.2 Å². The summed E-state index contributed by atoms with van der Waals surface area (Å²) in [5.74, 6) is 1.63. The number of nitrogens with zero attached hydrogens (tertiary/aromatic N) is 1. The SMILES string of the molecule is COc1cc2c(cc1OC)C13C[C@H](OC)C=CC1=CCN3CCC2. The lowest BCUT2D eigenvalue weighted by atomic mass is 9.74. The zero-order chi connectivity index (χ0) is 16.7. The van der Waals surface area contributed by atoms with Crippen molar-refractivity contribution in [3.8, 4) is 11.5 Å². The minimum absolute atomic E-state index is 0.0964. The van der Waals surface area contributed by atoms with Gasteiger partial charge in [0.25, 0.3) is 0 Å². The summed E-state index contributed by atoms with van der Waals surface area (Å²) in [6.45, 7) is 2.10. The van der Waals surface area contributed by atoms with Gasteiger partial charge in [-0.1, -0.05) is 18.2 Å². The molecule has 24 heavy (non-hydrogen) atoms. The van der Waals surface area contributed by atoms with Crippen LogP contribution in [0, 0.1) is 0 Å². The molecule has 0 radical (unpaired) electrons. The summed E-state index contributed by atoms with van der Waals surface area (Å²) < 4.78 is 16.9. The van der Waals surface area contributed by atoms with Gasteiger partial charge in [0.1, 0.15) is 0 Å². The average molecular weight is 327 g/mol. The number of rotatable bonds is 3. The molecule has 0 aromatic heterocycles. The van der Waals surface area contributed by atoms with E-state index in [0.717, 1.165) is 43.9 Å². The molecule has 0 amide bonds. The molecule has 1 aliphatic carbocycles. The number of hydrogen-bond acceptors (Lipinski definition) is 4. The van der Waals surface area contributed by atoms with Crippen molar-refractivity contribution in [1.29, 1.82) is 0 Å². The molecule has 0 N–H and O–H groups in total. The summed E-state index contributed by atoms with van der Waals surface area (Å²) in [5, 5.41) is 0. The third-order valence-corrected chi connectivity index (χ3v) is 5.77. The Morgan fingerprint density at radius 1 is 1.12 bits per heavy atom. The quantitative estimate of drug-likeness (QED) is 0.854. The summed E-state index contributed by atoms with van der Waals surface area (Å²) in [6, 6.07) is 4.36. The first kappa shape index (κ1) is 15.7. The Kier molecular flexibility index (Phi) is 3.89. The largest absolute Gasteiger partial charge is 0.493 e. The van der Waals surface area contributed by atoms with Crippen LogP contribution in [-0.2, 0) is 16.7 Å². The van der Waals surface area contributed by atoms with E-state index in [9.17, 15) is 0 Å². The molecule has 4 rings (SSSR count). The fourth-order valence-electron chi connectivity index (χ4n) is 4.59. The molecule has 4 nitrogen and oxygen atoms in total. The van der Waals surface area contributed by atoms with Crippen molar-refractivity contribution in [1.82, 2.24) is 4.90 Å². The molecule has 0 saturated heterocycles. The van der Waals surface area contributed by atoms with E-state index in [1.807, 2.05) is 0 Å². The summed E-state index contributed by atoms with van der Waals surface area (Å²) in [5.41, 5.74) is 4.02. The van der Waals surface area contributed by atoms with Crippen molar-refractivity contribution in [3.63, 3.8) is 0 Å². The molecule has 2 heterocycles. The number of ether oxygens (including phenoxy) is 3. The Bertz CT molecular complexity index is 709. The van der Waals surface area contributed by atoms with Crippen LogP contribution in [0.3, 0.4) is 0 Å². The molecule has 2 aliphatic heterocycles. The molecule has 1 aromatic rings. The van der Waals surface area contributed by atoms with Crippen LogP contribution in [0.15, 0.2) is 35.9 Å². The van der Waals surface area contributed by atoms with Gasteiger partial charge in [0.05, 0.1) is 25.9 Å². The second-order valence-corrected chi connectivity index (χ2v) is 6.77. The molecule has 0 bridgehead atoms. The number of aryl methyl sites for hydroxylation is 1. The van der Waals surface area contributed by atoms with Gasteiger partial charge in [-0.25, -0.2) is 0 Å². The van der Waals surface area contributed by atoms with Crippen LogP contribution in [0.1, 0.15) is 24.0 Å². The van der Waals surface area contributed by atoms with Gasteiger partial charge in [-0.2, -0.15) is 0 Å². The predicted octanol–water partition coefficient (Wildman–Crippen LogP) is 3.06. The second-order valence-electron chi connectivity index (χ2n) is 6.77. The molecule has 1 aromatic carbocycles. The van der Waals surface area contributed by atoms with E-state index in [4.69, 9.17) is 14.2 Å². The fraction of sp³-hybridized carbons (Fsp3) is 0.500. The van der Waals surface area contributed by atoms with Gasteiger partial charge in [-0.05, 0) is 48.2 Å². The van der Waals surface area contributed by atoms with Crippen LogP contribution in [0.5, 0.6) is 11.5 Å². The Balaban J connectivity index is 1.93. The number of methoxy groups -OCH3 is 3. The summed E-state index contributed by atoms with van der Waals surface area (Å²) in [7, 11) is 5.21. The topological polar surface area (TPSA) is 30.9 Å². The number of hydrogen-bond donors (Lipinski definition) is 0. The van der Waals surface area contributed by atoms with E-state index in [1.165, 1.54) is 16.7 Å². The zero-order valence-electron chi connectivity index (χ0n) is 14.7. The van der Waals surface area contributed by atoms with E-state index in [-0.39, 0.29) is 11.6 Å². The molecular weight excluding hydrogens is 302 g/mol. The highest BCUT2D eigenvalue weighted by Gasteiger charge is 2.49. The number of fused-ring (bicyclic) bond motifs is 1. The van der Waals surface area contributed by atoms with Gasteiger partial charge in [0, 0.05) is 20.1 Å². The van der Waals surface area contributed by atoms with Crippen molar-refractivity contribution in [3.05, 3.63) is 47.1 Å². The lowest BCUT2D eigenvalue weighted by Gasteiger charge is -2.44. The molecular formula is C20H25NO3. The van der Waals surface area contributed by atoms with Crippen molar-refractivity contribution in [2.24, 2.45) is 0 Å². The third kappa shape index (κ3) is 2.13. The van der Waals surface area contributed by atoms with E-state index in [1.54, 1.807) is 21.3 Å². The Hall–Kier alpha value is -1.78. The molecule has 0 saturated carbocycles. The van der Waals surface area contributed by atoms with Crippen LogP contribution in [-0.4, -0.2) is 45.4 Å². The first-order valence-corrected chi connectivity index (χ1v) is 8.65. The normalized spacial score (nSPS) is 28.5. The molecule has 128 valence electrons. The van der Waals surface area contributed by atoms with Gasteiger partial charge in [-0.15, -0.1) is 0 Å². The van der Waals surface area contributed by atoms with Gasteiger partial charge >= 0.3 is 0 Å². The Morgan fingerprint density at radius 2 is 1.92 bits per heavy atom. The van der Waals surface area contributed by atoms with Gasteiger partial charge < -0.3 is 14.2 Å². The van der Waals surface area contributed by atoms with E-state index >= 15 is 0 Å². The standard InChI is InChI=1S/C20H25NO3/c1-22-16-7-6-15-8-10-21-9-4-5-14-11-18(23-2)19(24-3)12-17(14)20(15,21)13-16/h6-8,11-12,16H,4-5,9-10,13H2,1-3H3/t16-,20?/m1/s1. The Labute approximate surface area is 143 Å². The van der Waals surface area contributed by atoms with Crippen LogP contribution in [0.25, 0.3) is 0 Å². The molecule has 1 spiro atoms. The van der Waals surface area contributed by atoms with Crippen LogP contribution in [0.4, 0.5) is 0 Å². The van der Waals surface area contributed by atoms with Crippen LogP contribution >= 0.6 is 0 Å². The highest BCUT2D eigenvalue weighted by atomic mass is 16.5. The van der Waals surface area contributed by atoms with Gasteiger partial charge in [0.15, 0.2) is 11.5 Å².